The molecule has 0 bridgehead atoms. The predicted octanol–water partition coefficient (Wildman–Crippen LogP) is 2.64. The number of benzene rings is 1. The van der Waals surface area contributed by atoms with Gasteiger partial charge >= 0.3 is 0 Å². The summed E-state index contributed by atoms with van der Waals surface area (Å²) in [5.74, 6) is 0.833. The summed E-state index contributed by atoms with van der Waals surface area (Å²) in [5, 5.41) is 0. The van der Waals surface area contributed by atoms with Crippen molar-refractivity contribution < 1.29 is 4.79 Å². The molecule has 1 amide bonds. The Hall–Kier alpha value is -2.60. The van der Waals surface area contributed by atoms with E-state index in [2.05, 4.69) is 22.3 Å². The van der Waals surface area contributed by atoms with Crippen molar-refractivity contribution in [2.45, 2.75) is 39.0 Å². The van der Waals surface area contributed by atoms with Gasteiger partial charge in [-0.05, 0) is 67.3 Å². The van der Waals surface area contributed by atoms with E-state index in [-0.39, 0.29) is 11.3 Å². The topological polar surface area (TPSA) is 89.6 Å². The number of para-hydroxylation sites is 2. The van der Waals surface area contributed by atoms with Crippen molar-refractivity contribution in [3.8, 4) is 0 Å². The monoisotopic (exact) mass is 377 g/mol. The van der Waals surface area contributed by atoms with Crippen LogP contribution < -0.4 is 16.4 Å². The fraction of sp³-hybridized carbons (Fsp3) is 0.455. The second kappa shape index (κ2) is 6.21. The number of fused-ring (bicyclic) bond motifs is 4. The molecule has 1 aliphatic heterocycles. The minimum absolute atomic E-state index is 0.211. The van der Waals surface area contributed by atoms with Gasteiger partial charge in [-0.1, -0.05) is 19.1 Å². The van der Waals surface area contributed by atoms with Gasteiger partial charge in [-0.2, -0.15) is 0 Å². The lowest BCUT2D eigenvalue weighted by Crippen LogP contribution is -2.43. The third kappa shape index (κ3) is 2.44. The van der Waals surface area contributed by atoms with Crippen LogP contribution in [0.3, 0.4) is 0 Å². The summed E-state index contributed by atoms with van der Waals surface area (Å²) in [6, 6.07) is 8.10. The number of hydrogen-bond acceptors (Lipinski definition) is 4. The largest absolute Gasteiger partial charge is 0.365 e. The Kier molecular flexibility index (Phi) is 3.88. The maximum absolute atomic E-state index is 12.4. The zero-order valence-electron chi connectivity index (χ0n) is 16.4. The lowest BCUT2D eigenvalue weighted by atomic mass is 9.80. The van der Waals surface area contributed by atoms with Crippen molar-refractivity contribution in [2.24, 2.45) is 16.9 Å². The van der Waals surface area contributed by atoms with Gasteiger partial charge in [0.05, 0.1) is 16.6 Å². The van der Waals surface area contributed by atoms with Gasteiger partial charge in [0, 0.05) is 13.1 Å². The molecule has 3 aromatic rings. The molecule has 1 fully saturated rings. The van der Waals surface area contributed by atoms with Crippen molar-refractivity contribution in [1.82, 2.24) is 9.38 Å². The standard InChI is InChI=1S/C22H27N5O/c1-22(13-23)9-11-26(12-10-22)21-15-6-4-5-14(15)18(19(24)28)20-25-16-7-2-3-8-17(16)27(20)21/h2-3,7-8H,4-6,9-13,23H2,1H3,(H2,24,28). The molecule has 0 saturated carbocycles. The van der Waals surface area contributed by atoms with Crippen LogP contribution >= 0.6 is 0 Å². The SMILES string of the molecule is CC1(CN)CCN(c2c3c(c(C(N)=O)c4nc5ccccc5n24)CCC3)CC1. The molecule has 5 rings (SSSR count). The number of carbonyl (C=O) groups excluding carboxylic acids is 1. The number of rotatable bonds is 3. The number of amides is 1. The molecule has 146 valence electrons. The molecule has 28 heavy (non-hydrogen) atoms. The van der Waals surface area contributed by atoms with Crippen LogP contribution in [0.4, 0.5) is 5.82 Å². The van der Waals surface area contributed by atoms with Crippen LogP contribution in [0.1, 0.15) is 47.7 Å². The van der Waals surface area contributed by atoms with Gasteiger partial charge in [-0.15, -0.1) is 0 Å². The summed E-state index contributed by atoms with van der Waals surface area (Å²) >= 11 is 0. The predicted molar refractivity (Wildman–Crippen MR) is 112 cm³/mol. The normalized spacial score (nSPS) is 18.7. The molecule has 0 spiro atoms. The lowest BCUT2D eigenvalue weighted by Gasteiger charge is -2.40. The van der Waals surface area contributed by atoms with Gasteiger partial charge in [0.15, 0.2) is 5.65 Å². The van der Waals surface area contributed by atoms with Gasteiger partial charge in [-0.25, -0.2) is 4.98 Å². The van der Waals surface area contributed by atoms with Crippen LogP contribution in [-0.2, 0) is 12.8 Å². The second-order valence-electron chi connectivity index (χ2n) is 8.63. The summed E-state index contributed by atoms with van der Waals surface area (Å²) in [7, 11) is 0. The number of nitrogens with zero attached hydrogens (tertiary/aromatic N) is 3. The second-order valence-corrected chi connectivity index (χ2v) is 8.63. The first-order valence-electron chi connectivity index (χ1n) is 10.2. The van der Waals surface area contributed by atoms with Crippen LogP contribution in [0.15, 0.2) is 24.3 Å². The first kappa shape index (κ1) is 17.5. The highest BCUT2D eigenvalue weighted by Crippen LogP contribution is 2.40. The van der Waals surface area contributed by atoms with Gasteiger partial charge in [0.1, 0.15) is 5.82 Å². The lowest BCUT2D eigenvalue weighted by molar-refractivity contribution is 0.100. The number of pyridine rings is 1. The quantitative estimate of drug-likeness (QED) is 0.734. The van der Waals surface area contributed by atoms with Crippen LogP contribution in [0.2, 0.25) is 0 Å². The van der Waals surface area contributed by atoms with Gasteiger partial charge in [0.25, 0.3) is 5.91 Å². The summed E-state index contributed by atoms with van der Waals surface area (Å²) in [6.45, 7) is 4.95. The molecule has 0 atom stereocenters. The minimum atomic E-state index is -0.376. The number of piperidine rings is 1. The number of carbonyl (C=O) groups is 1. The maximum atomic E-state index is 12.4. The molecule has 6 heteroatoms. The highest BCUT2D eigenvalue weighted by Gasteiger charge is 2.34. The summed E-state index contributed by atoms with van der Waals surface area (Å²) in [5.41, 5.74) is 17.7. The molecule has 0 unspecified atom stereocenters. The molecule has 2 aliphatic rings. The number of primary amides is 1. The maximum Gasteiger partial charge on any atom is 0.252 e. The molecule has 1 aliphatic carbocycles. The summed E-state index contributed by atoms with van der Waals surface area (Å²) in [6.07, 6.45) is 5.09. The Labute approximate surface area is 164 Å². The van der Waals surface area contributed by atoms with E-state index in [1.54, 1.807) is 0 Å². The molecular weight excluding hydrogens is 350 g/mol. The van der Waals surface area contributed by atoms with Crippen molar-refractivity contribution in [3.05, 3.63) is 41.0 Å². The zero-order chi connectivity index (χ0) is 19.5. The Bertz CT molecular complexity index is 1090. The molecule has 1 saturated heterocycles. The number of aromatic nitrogens is 2. The van der Waals surface area contributed by atoms with E-state index in [0.717, 1.165) is 68.3 Å². The average Bonchev–Trinajstić information content (AvgIpc) is 3.31. The first-order chi connectivity index (χ1) is 13.5. The van der Waals surface area contributed by atoms with Crippen molar-refractivity contribution >= 4 is 28.4 Å². The van der Waals surface area contributed by atoms with Crippen molar-refractivity contribution in [3.63, 3.8) is 0 Å². The summed E-state index contributed by atoms with van der Waals surface area (Å²) < 4.78 is 2.19. The summed E-state index contributed by atoms with van der Waals surface area (Å²) in [4.78, 5) is 19.7. The Morgan fingerprint density at radius 1 is 1.18 bits per heavy atom. The number of nitrogens with two attached hydrogens (primary N) is 2. The Morgan fingerprint density at radius 3 is 2.61 bits per heavy atom. The van der Waals surface area contributed by atoms with Crippen molar-refractivity contribution in [2.75, 3.05) is 24.5 Å². The van der Waals surface area contributed by atoms with E-state index in [1.165, 1.54) is 11.4 Å². The minimum Gasteiger partial charge on any atom is -0.365 e. The molecule has 4 N–H and O–H groups in total. The molecular formula is C22H27N5O. The van der Waals surface area contributed by atoms with Gasteiger partial charge < -0.3 is 16.4 Å². The molecule has 6 nitrogen and oxygen atoms in total. The number of imidazole rings is 1. The molecule has 0 radical (unpaired) electrons. The molecule has 1 aromatic carbocycles. The molecule has 3 heterocycles. The Morgan fingerprint density at radius 2 is 1.89 bits per heavy atom. The number of hydrogen-bond donors (Lipinski definition) is 2. The van der Waals surface area contributed by atoms with Crippen LogP contribution in [0.25, 0.3) is 16.7 Å². The van der Waals surface area contributed by atoms with Crippen molar-refractivity contribution in [1.29, 1.82) is 0 Å². The highest BCUT2D eigenvalue weighted by atomic mass is 16.1. The highest BCUT2D eigenvalue weighted by molar-refractivity contribution is 6.03. The van der Waals surface area contributed by atoms with E-state index < -0.39 is 0 Å². The first-order valence-corrected chi connectivity index (χ1v) is 10.2. The third-order valence-corrected chi connectivity index (χ3v) is 6.80. The van der Waals surface area contributed by atoms with Gasteiger partial charge in [-0.3, -0.25) is 9.20 Å². The fourth-order valence-corrected chi connectivity index (χ4v) is 5.00. The van der Waals surface area contributed by atoms with E-state index in [4.69, 9.17) is 16.5 Å². The van der Waals surface area contributed by atoms with E-state index in [1.807, 2.05) is 18.2 Å². The van der Waals surface area contributed by atoms with Crippen LogP contribution in [0.5, 0.6) is 0 Å². The van der Waals surface area contributed by atoms with E-state index in [9.17, 15) is 4.79 Å². The van der Waals surface area contributed by atoms with Crippen LogP contribution in [0, 0.1) is 5.41 Å². The van der Waals surface area contributed by atoms with Crippen LogP contribution in [-0.4, -0.2) is 34.9 Å². The van der Waals surface area contributed by atoms with E-state index in [0.29, 0.717) is 11.2 Å². The molecule has 2 aromatic heterocycles. The Balaban J connectivity index is 1.79. The fourth-order valence-electron chi connectivity index (χ4n) is 5.00. The average molecular weight is 377 g/mol. The third-order valence-electron chi connectivity index (χ3n) is 6.80. The van der Waals surface area contributed by atoms with E-state index >= 15 is 0 Å². The van der Waals surface area contributed by atoms with Gasteiger partial charge in [0.2, 0.25) is 0 Å². The number of anilines is 1. The zero-order valence-corrected chi connectivity index (χ0v) is 16.4. The smallest absolute Gasteiger partial charge is 0.252 e.